The Kier molecular flexibility index (Phi) is 5.93. The molecule has 1 atom stereocenters. The van der Waals surface area contributed by atoms with Crippen LogP contribution in [0.15, 0.2) is 47.0 Å². The van der Waals surface area contributed by atoms with Crippen molar-refractivity contribution in [2.45, 2.75) is 58.2 Å². The highest BCUT2D eigenvalue weighted by Gasteiger charge is 2.44. The third kappa shape index (κ3) is 4.22. The van der Waals surface area contributed by atoms with Gasteiger partial charge in [-0.25, -0.2) is 0 Å². The summed E-state index contributed by atoms with van der Waals surface area (Å²) < 4.78 is 11.7. The Morgan fingerprint density at radius 2 is 1.91 bits per heavy atom. The van der Waals surface area contributed by atoms with Crippen LogP contribution in [0.3, 0.4) is 0 Å². The quantitative estimate of drug-likeness (QED) is 0.493. The molecule has 1 saturated heterocycles. The van der Waals surface area contributed by atoms with E-state index < -0.39 is 0 Å². The molecule has 6 heteroatoms. The van der Waals surface area contributed by atoms with E-state index in [9.17, 15) is 5.26 Å². The number of benzene rings is 2. The normalized spacial score (nSPS) is 17.6. The molecule has 0 amide bonds. The first-order valence-electron chi connectivity index (χ1n) is 12.1. The summed E-state index contributed by atoms with van der Waals surface area (Å²) in [5, 5.41) is 17.0. The largest absolute Gasteiger partial charge is 0.371 e. The van der Waals surface area contributed by atoms with Crippen LogP contribution in [0.1, 0.15) is 42.3 Å². The second-order valence-electron chi connectivity index (χ2n) is 9.78. The maximum absolute atomic E-state index is 9.61. The molecule has 1 saturated carbocycles. The van der Waals surface area contributed by atoms with E-state index in [2.05, 4.69) is 77.8 Å². The zero-order valence-electron chi connectivity index (χ0n) is 20.4. The van der Waals surface area contributed by atoms with Crippen LogP contribution in [0, 0.1) is 32.1 Å². The predicted molar refractivity (Wildman–Crippen MR) is 133 cm³/mol. The van der Waals surface area contributed by atoms with Crippen LogP contribution in [-0.2, 0) is 10.2 Å². The van der Waals surface area contributed by atoms with E-state index in [0.29, 0.717) is 0 Å². The lowest BCUT2D eigenvalue weighted by atomic mass is 9.97. The minimum Gasteiger partial charge on any atom is -0.371 e. The SMILES string of the molecule is Cc1ccc(-c2c(C)noc2C)cc1N(CC(C)OC1CNC1)c1ccc(C2(C#N)CC2)cc1. The second-order valence-corrected chi connectivity index (χ2v) is 9.78. The molecule has 176 valence electrons. The number of aryl methyl sites for hydroxylation is 3. The number of hydrogen-bond acceptors (Lipinski definition) is 6. The molecule has 0 radical (unpaired) electrons. The topological polar surface area (TPSA) is 74.3 Å². The number of nitriles is 1. The van der Waals surface area contributed by atoms with Crippen molar-refractivity contribution < 1.29 is 9.26 Å². The summed E-state index contributed by atoms with van der Waals surface area (Å²) in [6.07, 6.45) is 2.23. The first kappa shape index (κ1) is 22.6. The first-order chi connectivity index (χ1) is 16.4. The molecule has 2 heterocycles. The highest BCUT2D eigenvalue weighted by molar-refractivity contribution is 5.76. The number of nitrogens with one attached hydrogen (secondary N) is 1. The molecule has 1 aliphatic heterocycles. The van der Waals surface area contributed by atoms with E-state index in [0.717, 1.165) is 72.0 Å². The molecule has 1 N–H and O–H groups in total. The minimum atomic E-state index is -0.282. The van der Waals surface area contributed by atoms with Crippen LogP contribution in [-0.4, -0.2) is 37.0 Å². The summed E-state index contributed by atoms with van der Waals surface area (Å²) in [6, 6.07) is 17.6. The number of rotatable bonds is 8. The van der Waals surface area contributed by atoms with E-state index >= 15 is 0 Å². The molecule has 2 aromatic carbocycles. The van der Waals surface area contributed by atoms with Crippen molar-refractivity contribution in [2.24, 2.45) is 0 Å². The number of ether oxygens (including phenoxy) is 1. The van der Waals surface area contributed by atoms with Gasteiger partial charge in [-0.15, -0.1) is 0 Å². The Labute approximate surface area is 201 Å². The molecule has 34 heavy (non-hydrogen) atoms. The van der Waals surface area contributed by atoms with Crippen molar-refractivity contribution in [3.05, 3.63) is 65.0 Å². The van der Waals surface area contributed by atoms with E-state index in [-0.39, 0.29) is 17.6 Å². The monoisotopic (exact) mass is 456 g/mol. The van der Waals surface area contributed by atoms with E-state index in [1.165, 1.54) is 5.56 Å². The van der Waals surface area contributed by atoms with Crippen molar-refractivity contribution in [1.82, 2.24) is 10.5 Å². The van der Waals surface area contributed by atoms with Gasteiger partial charge >= 0.3 is 0 Å². The van der Waals surface area contributed by atoms with Gasteiger partial charge in [-0.05, 0) is 75.4 Å². The third-order valence-electron chi connectivity index (χ3n) is 7.13. The Bertz CT molecular complexity index is 1200. The maximum Gasteiger partial charge on any atom is 0.141 e. The Balaban J connectivity index is 1.51. The molecule has 1 unspecified atom stereocenters. The molecule has 2 fully saturated rings. The van der Waals surface area contributed by atoms with Crippen molar-refractivity contribution in [1.29, 1.82) is 5.26 Å². The highest BCUT2D eigenvalue weighted by Crippen LogP contribution is 2.48. The summed E-state index contributed by atoms with van der Waals surface area (Å²) in [5.41, 5.74) is 7.28. The van der Waals surface area contributed by atoms with E-state index in [1.54, 1.807) is 0 Å². The number of aromatic nitrogens is 1. The molecule has 0 bridgehead atoms. The summed E-state index contributed by atoms with van der Waals surface area (Å²) in [4.78, 5) is 2.34. The Morgan fingerprint density at radius 3 is 2.47 bits per heavy atom. The van der Waals surface area contributed by atoms with Crippen molar-refractivity contribution >= 4 is 11.4 Å². The lowest BCUT2D eigenvalue weighted by Crippen LogP contribution is -2.50. The van der Waals surface area contributed by atoms with Gasteiger partial charge in [0, 0.05) is 36.6 Å². The molecular formula is C28H32N4O2. The average molecular weight is 457 g/mol. The number of hydrogen-bond donors (Lipinski definition) is 1. The highest BCUT2D eigenvalue weighted by atomic mass is 16.5. The minimum absolute atomic E-state index is 0.0581. The van der Waals surface area contributed by atoms with Crippen LogP contribution in [0.5, 0.6) is 0 Å². The molecule has 5 rings (SSSR count). The fourth-order valence-corrected chi connectivity index (χ4v) is 4.83. The summed E-state index contributed by atoms with van der Waals surface area (Å²) in [6.45, 7) is 10.8. The van der Waals surface area contributed by atoms with Gasteiger partial charge in [0.25, 0.3) is 0 Å². The van der Waals surface area contributed by atoms with Crippen LogP contribution in [0.2, 0.25) is 0 Å². The Hall–Kier alpha value is -3.14. The molecule has 2 aliphatic rings. The number of anilines is 2. The lowest BCUT2D eigenvalue weighted by molar-refractivity contribution is -0.0242. The molecule has 1 aromatic heterocycles. The van der Waals surface area contributed by atoms with Crippen LogP contribution >= 0.6 is 0 Å². The first-order valence-corrected chi connectivity index (χ1v) is 12.1. The average Bonchev–Trinajstić information content (AvgIpc) is 3.54. The second kappa shape index (κ2) is 8.90. The van der Waals surface area contributed by atoms with Crippen LogP contribution in [0.4, 0.5) is 11.4 Å². The molecule has 3 aromatic rings. The standard InChI is InChI=1S/C28H32N4O2/c1-18-5-6-22(27-20(3)31-34-21(27)4)13-26(18)32(16-19(2)33-25-14-30-15-25)24-9-7-23(8-10-24)28(17-29)11-12-28/h5-10,13,19,25,30H,11-12,14-16H2,1-4H3. The predicted octanol–water partition coefficient (Wildman–Crippen LogP) is 5.34. The summed E-state index contributed by atoms with van der Waals surface area (Å²) in [7, 11) is 0. The van der Waals surface area contributed by atoms with Crippen molar-refractivity contribution in [3.8, 4) is 17.2 Å². The maximum atomic E-state index is 9.61. The number of nitrogens with zero attached hydrogens (tertiary/aromatic N) is 3. The van der Waals surface area contributed by atoms with Crippen molar-refractivity contribution in [2.75, 3.05) is 24.5 Å². The van der Waals surface area contributed by atoms with Crippen LogP contribution < -0.4 is 10.2 Å². The van der Waals surface area contributed by atoms with Crippen LogP contribution in [0.25, 0.3) is 11.1 Å². The van der Waals surface area contributed by atoms with Gasteiger partial charge in [-0.2, -0.15) is 5.26 Å². The summed E-state index contributed by atoms with van der Waals surface area (Å²) in [5.74, 6) is 0.823. The van der Waals surface area contributed by atoms with Gasteiger partial charge < -0.3 is 19.5 Å². The van der Waals surface area contributed by atoms with Gasteiger partial charge in [0.05, 0.1) is 29.4 Å². The third-order valence-corrected chi connectivity index (χ3v) is 7.13. The molecule has 0 spiro atoms. The van der Waals surface area contributed by atoms with Crippen molar-refractivity contribution in [3.63, 3.8) is 0 Å². The van der Waals surface area contributed by atoms with E-state index in [4.69, 9.17) is 9.26 Å². The zero-order chi connectivity index (χ0) is 23.9. The van der Waals surface area contributed by atoms with Gasteiger partial charge in [0.2, 0.25) is 0 Å². The molecular weight excluding hydrogens is 424 g/mol. The van der Waals surface area contributed by atoms with Gasteiger partial charge in [0.15, 0.2) is 0 Å². The van der Waals surface area contributed by atoms with Gasteiger partial charge in [-0.3, -0.25) is 0 Å². The summed E-state index contributed by atoms with van der Waals surface area (Å²) >= 11 is 0. The lowest BCUT2D eigenvalue weighted by Gasteiger charge is -2.34. The fourth-order valence-electron chi connectivity index (χ4n) is 4.83. The smallest absolute Gasteiger partial charge is 0.141 e. The van der Waals surface area contributed by atoms with Gasteiger partial charge in [0.1, 0.15) is 5.76 Å². The van der Waals surface area contributed by atoms with E-state index in [1.807, 2.05) is 13.8 Å². The van der Waals surface area contributed by atoms with Gasteiger partial charge in [-0.1, -0.05) is 29.4 Å². The fraction of sp³-hybridized carbons (Fsp3) is 0.429. The zero-order valence-corrected chi connectivity index (χ0v) is 20.4. The molecule has 6 nitrogen and oxygen atoms in total. The Morgan fingerprint density at radius 1 is 1.18 bits per heavy atom. The molecule has 1 aliphatic carbocycles.